The van der Waals surface area contributed by atoms with Crippen molar-refractivity contribution in [3.8, 4) is 0 Å². The van der Waals surface area contributed by atoms with E-state index in [1.54, 1.807) is 7.11 Å². The average Bonchev–Trinajstić information content (AvgIpc) is 2.09. The molecule has 0 fully saturated rings. The first kappa shape index (κ1) is 12.7. The van der Waals surface area contributed by atoms with Gasteiger partial charge in [-0.3, -0.25) is 0 Å². The van der Waals surface area contributed by atoms with Crippen LogP contribution in [0.5, 0.6) is 0 Å². The summed E-state index contributed by atoms with van der Waals surface area (Å²) in [5.74, 6) is 0.727. The van der Waals surface area contributed by atoms with Gasteiger partial charge in [0, 0.05) is 7.11 Å². The summed E-state index contributed by atoms with van der Waals surface area (Å²) in [4.78, 5) is 0. The fraction of sp³-hybridized carbons (Fsp3) is 0.818. The van der Waals surface area contributed by atoms with E-state index in [4.69, 9.17) is 10.5 Å². The van der Waals surface area contributed by atoms with Gasteiger partial charge in [0.2, 0.25) is 0 Å². The van der Waals surface area contributed by atoms with Crippen molar-refractivity contribution in [2.75, 3.05) is 20.3 Å². The summed E-state index contributed by atoms with van der Waals surface area (Å²) in [6, 6.07) is 0. The van der Waals surface area contributed by atoms with E-state index in [1.807, 2.05) is 0 Å². The van der Waals surface area contributed by atoms with Crippen LogP contribution in [0.15, 0.2) is 11.6 Å². The zero-order valence-electron chi connectivity index (χ0n) is 9.18. The number of rotatable bonds is 7. The normalized spacial score (nSPS) is 12.5. The monoisotopic (exact) mass is 185 g/mol. The van der Waals surface area contributed by atoms with Crippen LogP contribution in [0.2, 0.25) is 0 Å². The van der Waals surface area contributed by atoms with Crippen molar-refractivity contribution < 1.29 is 4.74 Å². The van der Waals surface area contributed by atoms with Crippen LogP contribution in [0.1, 0.15) is 33.1 Å². The quantitative estimate of drug-likeness (QED) is 0.618. The third kappa shape index (κ3) is 8.00. The molecular weight excluding hydrogens is 162 g/mol. The number of hydrogen-bond acceptors (Lipinski definition) is 2. The maximum atomic E-state index is 5.46. The molecule has 0 saturated carbocycles. The predicted octanol–water partition coefficient (Wildman–Crippen LogP) is 2.34. The molecule has 0 aromatic carbocycles. The molecule has 0 radical (unpaired) electrons. The average molecular weight is 185 g/mol. The second-order valence-corrected chi connectivity index (χ2v) is 3.82. The molecule has 0 amide bonds. The highest BCUT2D eigenvalue weighted by Crippen LogP contribution is 2.09. The highest BCUT2D eigenvalue weighted by Gasteiger charge is 1.97. The molecule has 0 spiro atoms. The van der Waals surface area contributed by atoms with Gasteiger partial charge in [0.15, 0.2) is 0 Å². The van der Waals surface area contributed by atoms with Crippen LogP contribution in [-0.4, -0.2) is 20.3 Å². The number of ether oxygens (including phenoxy) is 1. The molecule has 2 N–H and O–H groups in total. The van der Waals surface area contributed by atoms with Gasteiger partial charge in [-0.15, -0.1) is 0 Å². The van der Waals surface area contributed by atoms with Crippen LogP contribution >= 0.6 is 0 Å². The fourth-order valence-corrected chi connectivity index (χ4v) is 1.15. The molecule has 2 nitrogen and oxygen atoms in total. The summed E-state index contributed by atoms with van der Waals surface area (Å²) in [5, 5.41) is 0. The molecule has 0 rings (SSSR count). The van der Waals surface area contributed by atoms with Crippen molar-refractivity contribution >= 4 is 0 Å². The van der Waals surface area contributed by atoms with Crippen molar-refractivity contribution in [1.29, 1.82) is 0 Å². The van der Waals surface area contributed by atoms with Gasteiger partial charge in [-0.1, -0.05) is 19.9 Å². The van der Waals surface area contributed by atoms with Gasteiger partial charge in [0.1, 0.15) is 0 Å². The molecule has 0 bridgehead atoms. The molecule has 0 aliphatic rings. The van der Waals surface area contributed by atoms with E-state index >= 15 is 0 Å². The molecule has 0 aliphatic carbocycles. The molecule has 0 aromatic heterocycles. The Kier molecular flexibility index (Phi) is 8.05. The van der Waals surface area contributed by atoms with Crippen LogP contribution in [-0.2, 0) is 4.74 Å². The lowest BCUT2D eigenvalue weighted by Crippen LogP contribution is -2.02. The molecule has 0 saturated heterocycles. The zero-order chi connectivity index (χ0) is 10.1. The first-order valence-corrected chi connectivity index (χ1v) is 5.07. The second kappa shape index (κ2) is 8.27. The Labute approximate surface area is 82.2 Å². The van der Waals surface area contributed by atoms with Gasteiger partial charge in [0.25, 0.3) is 0 Å². The summed E-state index contributed by atoms with van der Waals surface area (Å²) < 4.78 is 5.12. The number of allylic oxidation sites excluding steroid dienone is 1. The van der Waals surface area contributed by atoms with Crippen LogP contribution < -0.4 is 5.73 Å². The maximum Gasteiger partial charge on any atom is 0.0673 e. The zero-order valence-corrected chi connectivity index (χ0v) is 9.18. The molecule has 78 valence electrons. The Balaban J connectivity index is 3.83. The molecule has 13 heavy (non-hydrogen) atoms. The third-order valence-electron chi connectivity index (χ3n) is 1.91. The van der Waals surface area contributed by atoms with E-state index in [-0.39, 0.29) is 0 Å². The van der Waals surface area contributed by atoms with Gasteiger partial charge in [-0.2, -0.15) is 0 Å². The summed E-state index contributed by atoms with van der Waals surface area (Å²) in [6.07, 6.45) is 5.58. The molecule has 0 heterocycles. The first-order chi connectivity index (χ1) is 6.20. The van der Waals surface area contributed by atoms with E-state index in [9.17, 15) is 0 Å². The minimum Gasteiger partial charge on any atom is -0.380 e. The summed E-state index contributed by atoms with van der Waals surface area (Å²) in [7, 11) is 1.74. The Morgan fingerprint density at radius 3 is 2.62 bits per heavy atom. The van der Waals surface area contributed by atoms with Gasteiger partial charge in [-0.05, 0) is 37.3 Å². The topological polar surface area (TPSA) is 35.2 Å². The summed E-state index contributed by atoms with van der Waals surface area (Å²) in [6.45, 7) is 5.98. The van der Waals surface area contributed by atoms with Gasteiger partial charge in [0.05, 0.1) is 6.61 Å². The van der Waals surface area contributed by atoms with Crippen LogP contribution in [0.4, 0.5) is 0 Å². The number of hydrogen-bond donors (Lipinski definition) is 1. The van der Waals surface area contributed by atoms with Crippen LogP contribution in [0, 0.1) is 5.92 Å². The van der Waals surface area contributed by atoms with Crippen LogP contribution in [0.25, 0.3) is 0 Å². The SMILES string of the molecule is COCC(=CCC(C)C)CCCN. The molecule has 2 heteroatoms. The third-order valence-corrected chi connectivity index (χ3v) is 1.91. The van der Waals surface area contributed by atoms with Crippen molar-refractivity contribution in [3.63, 3.8) is 0 Å². The lowest BCUT2D eigenvalue weighted by atomic mass is 10.1. The fourth-order valence-electron chi connectivity index (χ4n) is 1.15. The van der Waals surface area contributed by atoms with Crippen molar-refractivity contribution in [2.24, 2.45) is 11.7 Å². The molecule has 0 unspecified atom stereocenters. The highest BCUT2D eigenvalue weighted by atomic mass is 16.5. The molecule has 0 atom stereocenters. The lowest BCUT2D eigenvalue weighted by molar-refractivity contribution is 0.222. The van der Waals surface area contributed by atoms with Crippen molar-refractivity contribution in [1.82, 2.24) is 0 Å². The van der Waals surface area contributed by atoms with E-state index in [0.717, 1.165) is 38.3 Å². The molecular formula is C11H23NO. The van der Waals surface area contributed by atoms with Gasteiger partial charge >= 0.3 is 0 Å². The minimum atomic E-state index is 0.727. The van der Waals surface area contributed by atoms with E-state index in [2.05, 4.69) is 19.9 Å². The number of nitrogens with two attached hydrogens (primary N) is 1. The van der Waals surface area contributed by atoms with Gasteiger partial charge in [-0.25, -0.2) is 0 Å². The standard InChI is InChI=1S/C11H23NO/c1-10(2)6-7-11(9-13-3)5-4-8-12/h7,10H,4-6,8-9,12H2,1-3H3. The second-order valence-electron chi connectivity index (χ2n) is 3.82. The Morgan fingerprint density at radius 2 is 2.15 bits per heavy atom. The maximum absolute atomic E-state index is 5.46. The Morgan fingerprint density at radius 1 is 1.46 bits per heavy atom. The predicted molar refractivity (Wildman–Crippen MR) is 57.7 cm³/mol. The van der Waals surface area contributed by atoms with Crippen LogP contribution in [0.3, 0.4) is 0 Å². The highest BCUT2D eigenvalue weighted by molar-refractivity contribution is 5.02. The van der Waals surface area contributed by atoms with Crippen molar-refractivity contribution in [3.05, 3.63) is 11.6 Å². The van der Waals surface area contributed by atoms with E-state index < -0.39 is 0 Å². The number of methoxy groups -OCH3 is 1. The molecule has 0 aromatic rings. The smallest absolute Gasteiger partial charge is 0.0673 e. The largest absolute Gasteiger partial charge is 0.380 e. The lowest BCUT2D eigenvalue weighted by Gasteiger charge is -2.06. The summed E-state index contributed by atoms with van der Waals surface area (Å²) in [5.41, 5.74) is 6.85. The van der Waals surface area contributed by atoms with E-state index in [1.165, 1.54) is 5.57 Å². The van der Waals surface area contributed by atoms with Crippen molar-refractivity contribution in [2.45, 2.75) is 33.1 Å². The summed E-state index contributed by atoms with van der Waals surface area (Å²) >= 11 is 0. The first-order valence-electron chi connectivity index (χ1n) is 5.07. The van der Waals surface area contributed by atoms with E-state index in [0.29, 0.717) is 0 Å². The Bertz CT molecular complexity index is 141. The Hall–Kier alpha value is -0.340. The minimum absolute atomic E-state index is 0.727. The molecule has 0 aliphatic heterocycles. The van der Waals surface area contributed by atoms with Gasteiger partial charge < -0.3 is 10.5 Å².